The molecule has 3 aromatic rings. The van der Waals surface area contributed by atoms with Crippen molar-refractivity contribution in [2.75, 3.05) is 5.32 Å². The number of nitrogens with zero attached hydrogens (tertiary/aromatic N) is 1. The van der Waals surface area contributed by atoms with Crippen LogP contribution in [-0.4, -0.2) is 5.91 Å². The number of benzene rings is 3. The van der Waals surface area contributed by atoms with Crippen LogP contribution in [0.4, 0.5) is 5.69 Å². The van der Waals surface area contributed by atoms with Crippen molar-refractivity contribution in [1.82, 2.24) is 0 Å². The molecule has 0 bridgehead atoms. The van der Waals surface area contributed by atoms with Crippen molar-refractivity contribution in [2.45, 2.75) is 12.8 Å². The molecular weight excluding hydrogens is 459 g/mol. The van der Waals surface area contributed by atoms with Gasteiger partial charge in [-0.05, 0) is 60.0 Å². The normalized spacial score (nSPS) is 11.5. The monoisotopic (exact) mass is 472 g/mol. The fourth-order valence-electron chi connectivity index (χ4n) is 2.86. The molecular formula is C22H15BrCl2N2O. The molecule has 0 spiro atoms. The van der Waals surface area contributed by atoms with Crippen molar-refractivity contribution in [3.05, 3.63) is 97.4 Å². The predicted molar refractivity (Wildman–Crippen MR) is 117 cm³/mol. The SMILES string of the molecule is Cc1cc(C(C#N)c2ccc(Cl)cc2)c(Cl)cc1NC(=O)c1cccc(Br)c1. The Balaban J connectivity index is 1.91. The molecule has 1 N–H and O–H groups in total. The lowest BCUT2D eigenvalue weighted by Gasteiger charge is -2.16. The number of halogens is 3. The van der Waals surface area contributed by atoms with E-state index in [-0.39, 0.29) is 5.91 Å². The van der Waals surface area contributed by atoms with Gasteiger partial charge in [0.25, 0.3) is 5.91 Å². The molecule has 140 valence electrons. The summed E-state index contributed by atoms with van der Waals surface area (Å²) < 4.78 is 0.824. The first-order chi connectivity index (χ1) is 13.4. The molecule has 0 heterocycles. The maximum Gasteiger partial charge on any atom is 0.255 e. The zero-order valence-corrected chi connectivity index (χ0v) is 17.9. The second-order valence-electron chi connectivity index (χ2n) is 6.27. The third-order valence-corrected chi connectivity index (χ3v) is 5.39. The van der Waals surface area contributed by atoms with Crippen LogP contribution in [0.3, 0.4) is 0 Å². The van der Waals surface area contributed by atoms with Crippen molar-refractivity contribution >= 4 is 50.7 Å². The summed E-state index contributed by atoms with van der Waals surface area (Å²) in [4.78, 5) is 12.5. The van der Waals surface area contributed by atoms with Gasteiger partial charge >= 0.3 is 0 Å². The number of nitriles is 1. The van der Waals surface area contributed by atoms with Crippen molar-refractivity contribution in [3.8, 4) is 6.07 Å². The molecule has 6 heteroatoms. The highest BCUT2D eigenvalue weighted by Gasteiger charge is 2.19. The van der Waals surface area contributed by atoms with Crippen LogP contribution in [0.15, 0.2) is 65.1 Å². The maximum atomic E-state index is 12.5. The molecule has 1 unspecified atom stereocenters. The first kappa shape index (κ1) is 20.4. The summed E-state index contributed by atoms with van der Waals surface area (Å²) in [5.74, 6) is -0.763. The molecule has 3 nitrogen and oxygen atoms in total. The zero-order valence-electron chi connectivity index (χ0n) is 14.8. The van der Waals surface area contributed by atoms with E-state index in [2.05, 4.69) is 27.3 Å². The van der Waals surface area contributed by atoms with Crippen molar-refractivity contribution < 1.29 is 4.79 Å². The first-order valence-corrected chi connectivity index (χ1v) is 9.96. The Morgan fingerprint density at radius 3 is 2.46 bits per heavy atom. The summed E-state index contributed by atoms with van der Waals surface area (Å²) in [6, 6.07) is 20.0. The summed E-state index contributed by atoms with van der Waals surface area (Å²) in [6.07, 6.45) is 0. The zero-order chi connectivity index (χ0) is 20.3. The number of rotatable bonds is 4. The molecule has 1 amide bonds. The molecule has 28 heavy (non-hydrogen) atoms. The molecule has 0 fully saturated rings. The molecule has 0 saturated heterocycles. The van der Waals surface area contributed by atoms with Crippen molar-refractivity contribution in [3.63, 3.8) is 0 Å². The number of carbonyl (C=O) groups excluding carboxylic acids is 1. The van der Waals surface area contributed by atoms with Gasteiger partial charge in [-0.2, -0.15) is 5.26 Å². The summed E-state index contributed by atoms with van der Waals surface area (Å²) in [6.45, 7) is 1.87. The topological polar surface area (TPSA) is 52.9 Å². The van der Waals surface area contributed by atoms with Gasteiger partial charge in [-0.15, -0.1) is 0 Å². The van der Waals surface area contributed by atoms with Gasteiger partial charge in [0.1, 0.15) is 0 Å². The average molecular weight is 474 g/mol. The van der Waals surface area contributed by atoms with Gasteiger partial charge in [0.2, 0.25) is 0 Å². The Morgan fingerprint density at radius 1 is 1.11 bits per heavy atom. The quantitative estimate of drug-likeness (QED) is 0.444. The summed E-state index contributed by atoms with van der Waals surface area (Å²) in [5, 5.41) is 13.6. The fourth-order valence-corrected chi connectivity index (χ4v) is 3.66. The molecule has 0 radical (unpaired) electrons. The third-order valence-electron chi connectivity index (χ3n) is 4.32. The van der Waals surface area contributed by atoms with Crippen molar-refractivity contribution in [2.24, 2.45) is 0 Å². The Labute approximate surface area is 182 Å². The van der Waals surface area contributed by atoms with E-state index < -0.39 is 5.92 Å². The van der Waals surface area contributed by atoms with Crippen LogP contribution >= 0.6 is 39.1 Å². The highest BCUT2D eigenvalue weighted by molar-refractivity contribution is 9.10. The lowest BCUT2D eigenvalue weighted by Crippen LogP contribution is -2.13. The third kappa shape index (κ3) is 4.56. The van der Waals surface area contributed by atoms with Gasteiger partial charge in [0.15, 0.2) is 0 Å². The van der Waals surface area contributed by atoms with E-state index in [1.165, 1.54) is 0 Å². The van der Waals surface area contributed by atoms with E-state index in [9.17, 15) is 10.1 Å². The van der Waals surface area contributed by atoms with Gasteiger partial charge < -0.3 is 5.32 Å². The minimum atomic E-state index is -0.529. The Morgan fingerprint density at radius 2 is 1.82 bits per heavy atom. The maximum absolute atomic E-state index is 12.5. The van der Waals surface area contributed by atoms with E-state index in [0.717, 1.165) is 15.6 Å². The summed E-state index contributed by atoms with van der Waals surface area (Å²) >= 11 is 15.8. The molecule has 0 aliphatic carbocycles. The van der Waals surface area contributed by atoms with E-state index in [1.54, 1.807) is 36.4 Å². The van der Waals surface area contributed by atoms with Crippen LogP contribution in [0.25, 0.3) is 0 Å². The molecule has 1 atom stereocenters. The number of hydrogen-bond acceptors (Lipinski definition) is 2. The second kappa shape index (κ2) is 8.79. The molecule has 3 aromatic carbocycles. The van der Waals surface area contributed by atoms with Crippen LogP contribution in [0.1, 0.15) is 33.0 Å². The van der Waals surface area contributed by atoms with E-state index >= 15 is 0 Å². The van der Waals surface area contributed by atoms with Crippen molar-refractivity contribution in [1.29, 1.82) is 5.26 Å². The molecule has 0 aromatic heterocycles. The highest BCUT2D eigenvalue weighted by atomic mass is 79.9. The Hall–Kier alpha value is -2.32. The number of aryl methyl sites for hydroxylation is 1. The van der Waals surface area contributed by atoms with Gasteiger partial charge in [0, 0.05) is 25.8 Å². The molecule has 3 rings (SSSR count). The first-order valence-electron chi connectivity index (χ1n) is 8.41. The van der Waals surface area contributed by atoms with Gasteiger partial charge in [0.05, 0.1) is 12.0 Å². The number of hydrogen-bond donors (Lipinski definition) is 1. The predicted octanol–water partition coefficient (Wildman–Crippen LogP) is 6.97. The Kier molecular flexibility index (Phi) is 6.41. The lowest BCUT2D eigenvalue weighted by molar-refractivity contribution is 0.102. The van der Waals surface area contributed by atoms with Gasteiger partial charge in [-0.3, -0.25) is 4.79 Å². The number of carbonyl (C=O) groups is 1. The number of amides is 1. The highest BCUT2D eigenvalue weighted by Crippen LogP contribution is 2.34. The van der Waals surface area contributed by atoms with Crippen LogP contribution in [0, 0.1) is 18.3 Å². The lowest BCUT2D eigenvalue weighted by atomic mass is 9.91. The van der Waals surface area contributed by atoms with E-state index in [4.69, 9.17) is 23.2 Å². The molecule has 0 saturated carbocycles. The number of anilines is 1. The van der Waals surface area contributed by atoms with E-state index in [0.29, 0.717) is 26.9 Å². The average Bonchev–Trinajstić information content (AvgIpc) is 2.67. The molecule has 0 aliphatic heterocycles. The van der Waals surface area contributed by atoms with Crippen LogP contribution in [-0.2, 0) is 0 Å². The van der Waals surface area contributed by atoms with Gasteiger partial charge in [-0.25, -0.2) is 0 Å². The minimum absolute atomic E-state index is 0.234. The standard InChI is InChI=1S/C22H15BrCl2N2O/c1-13-9-18(19(12-26)14-5-7-17(24)8-6-14)20(25)11-21(13)27-22(28)15-3-2-4-16(23)10-15/h2-11,19H,1H3,(H,27,28). The minimum Gasteiger partial charge on any atom is -0.322 e. The smallest absolute Gasteiger partial charge is 0.255 e. The molecule has 0 aliphatic rings. The summed E-state index contributed by atoms with van der Waals surface area (Å²) in [5.41, 5.74) is 3.44. The fraction of sp³-hybridized carbons (Fsp3) is 0.0909. The summed E-state index contributed by atoms with van der Waals surface area (Å²) in [7, 11) is 0. The number of nitrogens with one attached hydrogen (secondary N) is 1. The largest absolute Gasteiger partial charge is 0.322 e. The van der Waals surface area contributed by atoms with Crippen LogP contribution in [0.2, 0.25) is 10.0 Å². The Bertz CT molecular complexity index is 1070. The second-order valence-corrected chi connectivity index (χ2v) is 8.03. The van der Waals surface area contributed by atoms with Crippen LogP contribution < -0.4 is 5.32 Å². The van der Waals surface area contributed by atoms with E-state index in [1.807, 2.05) is 31.2 Å². The van der Waals surface area contributed by atoms with Gasteiger partial charge in [-0.1, -0.05) is 63.4 Å². The van der Waals surface area contributed by atoms with Crippen LogP contribution in [0.5, 0.6) is 0 Å².